The maximum atomic E-state index is 13.9. The van der Waals surface area contributed by atoms with Crippen LogP contribution in [0.4, 0.5) is 32.2 Å². The number of piperidine rings is 1. The Labute approximate surface area is 262 Å². The fourth-order valence-electron chi connectivity index (χ4n) is 6.90. The van der Waals surface area contributed by atoms with Crippen molar-refractivity contribution in [1.29, 1.82) is 0 Å². The molecule has 3 aromatic rings. The van der Waals surface area contributed by atoms with E-state index in [0.29, 0.717) is 49.8 Å². The number of hydrogen-bond donors (Lipinski definition) is 2. The zero-order chi connectivity index (χ0) is 33.1. The van der Waals surface area contributed by atoms with Crippen molar-refractivity contribution >= 4 is 17.6 Å². The number of aromatic nitrogens is 1. The molecule has 1 fully saturated rings. The van der Waals surface area contributed by atoms with E-state index in [4.69, 9.17) is 5.73 Å². The number of pyridine rings is 1. The van der Waals surface area contributed by atoms with Crippen LogP contribution in [0.1, 0.15) is 66.4 Å². The van der Waals surface area contributed by atoms with Gasteiger partial charge in [0.05, 0.1) is 5.56 Å². The summed E-state index contributed by atoms with van der Waals surface area (Å²) in [5.74, 6) is -1.80. The number of amides is 2. The van der Waals surface area contributed by atoms with Crippen LogP contribution >= 0.6 is 0 Å². The minimum atomic E-state index is -4.60. The Bertz CT molecular complexity index is 1510. The predicted octanol–water partition coefficient (Wildman–Crippen LogP) is 6.52. The number of carbonyl (C=O) groups is 2. The van der Waals surface area contributed by atoms with E-state index < -0.39 is 42.7 Å². The molecule has 2 amide bonds. The van der Waals surface area contributed by atoms with Crippen LogP contribution in [0, 0.1) is 0 Å². The fraction of sp³-hybridized carbons (Fsp3) is 0.424. The standard InChI is InChI=1S/C33H35F6N5O2/c34-32(35,36)20-42-30(46)31(26-15-3-1-12-23(26)24-13-2-4-16-27(24)31)17-7-5-10-22-11-6-8-19-43(22)44(21-33(37,38)39)29-25(28(40)45)14-9-18-41-29/h1-4,9,12-16,18,22H,5-8,10-11,17,19-21H2,(H2,40,45)(H,42,46). The molecular formula is C33H35F6N5O2. The molecule has 1 aliphatic carbocycles. The number of unbranched alkanes of at least 4 members (excludes halogenated alkanes) is 1. The average molecular weight is 648 g/mol. The van der Waals surface area contributed by atoms with Crippen LogP contribution in [0.3, 0.4) is 0 Å². The molecule has 246 valence electrons. The Morgan fingerprint density at radius 1 is 0.913 bits per heavy atom. The van der Waals surface area contributed by atoms with Crippen LogP contribution in [0.5, 0.6) is 0 Å². The Morgan fingerprint density at radius 2 is 1.57 bits per heavy atom. The Morgan fingerprint density at radius 3 is 2.17 bits per heavy atom. The number of fused-ring (bicyclic) bond motifs is 3. The van der Waals surface area contributed by atoms with Crippen molar-refractivity contribution in [2.45, 2.75) is 68.8 Å². The summed E-state index contributed by atoms with van der Waals surface area (Å²) in [5, 5.41) is 4.73. The van der Waals surface area contributed by atoms with E-state index in [1.54, 1.807) is 29.3 Å². The first-order chi connectivity index (χ1) is 21.8. The summed E-state index contributed by atoms with van der Waals surface area (Å²) in [6.07, 6.45) is -4.30. The van der Waals surface area contributed by atoms with Crippen LogP contribution < -0.4 is 16.1 Å². The third-order valence-corrected chi connectivity index (χ3v) is 8.77. The summed E-state index contributed by atoms with van der Waals surface area (Å²) in [7, 11) is 0. The van der Waals surface area contributed by atoms with Gasteiger partial charge in [0.15, 0.2) is 5.82 Å². The van der Waals surface area contributed by atoms with Gasteiger partial charge >= 0.3 is 12.4 Å². The van der Waals surface area contributed by atoms with Gasteiger partial charge in [-0.25, -0.2) is 9.99 Å². The van der Waals surface area contributed by atoms with Crippen molar-refractivity contribution in [3.63, 3.8) is 0 Å². The number of carbonyl (C=O) groups excluding carboxylic acids is 2. The number of benzene rings is 2. The molecule has 1 aliphatic heterocycles. The topological polar surface area (TPSA) is 91.6 Å². The number of hydrazine groups is 1. The van der Waals surface area contributed by atoms with E-state index in [-0.39, 0.29) is 23.8 Å². The molecule has 1 saturated heterocycles. The number of anilines is 1. The van der Waals surface area contributed by atoms with Crippen LogP contribution in [-0.4, -0.2) is 59.8 Å². The van der Waals surface area contributed by atoms with Crippen molar-refractivity contribution in [3.8, 4) is 11.1 Å². The van der Waals surface area contributed by atoms with Crippen LogP contribution in [0.25, 0.3) is 11.1 Å². The second kappa shape index (κ2) is 13.3. The highest BCUT2D eigenvalue weighted by Crippen LogP contribution is 2.51. The molecule has 2 aromatic carbocycles. The zero-order valence-electron chi connectivity index (χ0n) is 25.0. The Hall–Kier alpha value is -4.13. The molecule has 0 saturated carbocycles. The van der Waals surface area contributed by atoms with Crippen LogP contribution in [0.15, 0.2) is 66.9 Å². The number of nitrogens with two attached hydrogens (primary N) is 1. The van der Waals surface area contributed by atoms with E-state index in [0.717, 1.165) is 22.6 Å². The minimum Gasteiger partial charge on any atom is -0.365 e. The zero-order valence-corrected chi connectivity index (χ0v) is 25.0. The smallest absolute Gasteiger partial charge is 0.365 e. The van der Waals surface area contributed by atoms with Gasteiger partial charge in [-0.1, -0.05) is 67.8 Å². The number of hydrogen-bond acceptors (Lipinski definition) is 5. The van der Waals surface area contributed by atoms with Crippen molar-refractivity contribution in [1.82, 2.24) is 15.3 Å². The minimum absolute atomic E-state index is 0.124. The summed E-state index contributed by atoms with van der Waals surface area (Å²) in [6, 6.07) is 16.8. The van der Waals surface area contributed by atoms with Gasteiger partial charge in [0, 0.05) is 18.8 Å². The number of rotatable bonds is 11. The highest BCUT2D eigenvalue weighted by Gasteiger charge is 2.49. The highest BCUT2D eigenvalue weighted by atomic mass is 19.4. The SMILES string of the molecule is NC(=O)c1cccnc1N(CC(F)(F)F)N1CCCCC1CCCCC1(C(=O)NCC(F)(F)F)c2ccccc2-c2ccccc21. The molecule has 1 aromatic heterocycles. The van der Waals surface area contributed by atoms with Gasteiger partial charge in [0.2, 0.25) is 5.91 Å². The van der Waals surface area contributed by atoms with E-state index in [9.17, 15) is 35.9 Å². The van der Waals surface area contributed by atoms with Gasteiger partial charge in [0.25, 0.3) is 5.91 Å². The number of nitrogens with zero attached hydrogens (tertiary/aromatic N) is 3. The fourth-order valence-corrected chi connectivity index (χ4v) is 6.90. The van der Waals surface area contributed by atoms with Crippen LogP contribution in [0.2, 0.25) is 0 Å². The summed E-state index contributed by atoms with van der Waals surface area (Å²) in [5.41, 5.74) is 6.81. The molecule has 46 heavy (non-hydrogen) atoms. The molecule has 1 unspecified atom stereocenters. The molecule has 0 radical (unpaired) electrons. The maximum absolute atomic E-state index is 13.9. The van der Waals surface area contributed by atoms with Gasteiger partial charge in [-0.05, 0) is 60.1 Å². The Kier molecular flexibility index (Phi) is 9.62. The number of nitrogens with one attached hydrogen (secondary N) is 1. The third-order valence-electron chi connectivity index (χ3n) is 8.77. The summed E-state index contributed by atoms with van der Waals surface area (Å²) in [6.45, 7) is -2.53. The van der Waals surface area contributed by atoms with E-state index >= 15 is 0 Å². The Balaban J connectivity index is 1.40. The van der Waals surface area contributed by atoms with Crippen LogP contribution in [-0.2, 0) is 10.2 Å². The quantitative estimate of drug-likeness (QED) is 0.183. The molecule has 0 spiro atoms. The number of primary amides is 1. The molecular weight excluding hydrogens is 612 g/mol. The van der Waals surface area contributed by atoms with Gasteiger partial charge in [-0.2, -0.15) is 26.3 Å². The van der Waals surface area contributed by atoms with Gasteiger partial charge in [-0.15, -0.1) is 0 Å². The normalized spacial score (nSPS) is 17.7. The molecule has 3 N–H and O–H groups in total. The molecule has 1 atom stereocenters. The first-order valence-electron chi connectivity index (χ1n) is 15.2. The van der Waals surface area contributed by atoms with E-state index in [2.05, 4.69) is 10.3 Å². The predicted molar refractivity (Wildman–Crippen MR) is 161 cm³/mol. The second-order valence-corrected chi connectivity index (χ2v) is 11.8. The summed E-state index contributed by atoms with van der Waals surface area (Å²) >= 11 is 0. The van der Waals surface area contributed by atoms with Gasteiger partial charge in [0.1, 0.15) is 18.5 Å². The molecule has 2 aliphatic rings. The van der Waals surface area contributed by atoms with Crippen molar-refractivity contribution in [2.75, 3.05) is 24.6 Å². The summed E-state index contributed by atoms with van der Waals surface area (Å²) in [4.78, 5) is 30.0. The summed E-state index contributed by atoms with van der Waals surface area (Å²) < 4.78 is 81.2. The lowest BCUT2D eigenvalue weighted by Gasteiger charge is -2.44. The molecule has 2 heterocycles. The lowest BCUT2D eigenvalue weighted by Crippen LogP contribution is -2.55. The van der Waals surface area contributed by atoms with Crippen molar-refractivity contribution < 1.29 is 35.9 Å². The lowest BCUT2D eigenvalue weighted by atomic mass is 9.73. The van der Waals surface area contributed by atoms with E-state index in [1.807, 2.05) is 24.3 Å². The monoisotopic (exact) mass is 647 g/mol. The molecule has 13 heteroatoms. The average Bonchev–Trinajstić information content (AvgIpc) is 3.31. The van der Waals surface area contributed by atoms with Crippen molar-refractivity contribution in [3.05, 3.63) is 83.6 Å². The number of alkyl halides is 6. The van der Waals surface area contributed by atoms with Gasteiger partial charge < -0.3 is 11.1 Å². The number of halogens is 6. The highest BCUT2D eigenvalue weighted by molar-refractivity contribution is 6.00. The molecule has 5 rings (SSSR count). The maximum Gasteiger partial charge on any atom is 0.407 e. The molecule has 7 nitrogen and oxygen atoms in total. The van der Waals surface area contributed by atoms with Crippen molar-refractivity contribution in [2.24, 2.45) is 5.73 Å². The first-order valence-corrected chi connectivity index (χ1v) is 15.2. The largest absolute Gasteiger partial charge is 0.407 e. The van der Waals surface area contributed by atoms with E-state index in [1.165, 1.54) is 18.3 Å². The second-order valence-electron chi connectivity index (χ2n) is 11.8. The molecule has 0 bridgehead atoms. The lowest BCUT2D eigenvalue weighted by molar-refractivity contribution is -0.141. The van der Waals surface area contributed by atoms with Gasteiger partial charge in [-0.3, -0.25) is 14.6 Å². The third kappa shape index (κ3) is 6.98. The first kappa shape index (κ1) is 33.2.